The van der Waals surface area contributed by atoms with Gasteiger partial charge in [0.15, 0.2) is 0 Å². The van der Waals surface area contributed by atoms with Crippen molar-refractivity contribution in [3.05, 3.63) is 30.1 Å². The van der Waals surface area contributed by atoms with Crippen molar-refractivity contribution in [1.29, 1.82) is 0 Å². The van der Waals surface area contributed by atoms with Crippen molar-refractivity contribution in [3.8, 4) is 0 Å². The van der Waals surface area contributed by atoms with E-state index in [1.54, 1.807) is 0 Å². The lowest BCUT2D eigenvalue weighted by Crippen LogP contribution is -2.46. The van der Waals surface area contributed by atoms with Crippen molar-refractivity contribution in [2.45, 2.75) is 26.0 Å². The van der Waals surface area contributed by atoms with E-state index in [1.807, 2.05) is 12.4 Å². The Morgan fingerprint density at radius 3 is 3.00 bits per heavy atom. The fraction of sp³-hybridized carbons (Fsp3) is 0.643. The van der Waals surface area contributed by atoms with E-state index in [0.717, 1.165) is 32.8 Å². The van der Waals surface area contributed by atoms with E-state index in [0.29, 0.717) is 12.1 Å². The van der Waals surface area contributed by atoms with Crippen molar-refractivity contribution in [2.24, 2.45) is 0 Å². The predicted octanol–water partition coefficient (Wildman–Crippen LogP) is 1.45. The van der Waals surface area contributed by atoms with Crippen molar-refractivity contribution < 1.29 is 4.74 Å². The Balaban J connectivity index is 1.77. The topological polar surface area (TPSA) is 37.4 Å². The first-order valence-electron chi connectivity index (χ1n) is 6.77. The molecule has 1 fully saturated rings. The third-order valence-electron chi connectivity index (χ3n) is 3.53. The van der Waals surface area contributed by atoms with Gasteiger partial charge in [-0.25, -0.2) is 0 Å². The van der Waals surface area contributed by atoms with Crippen LogP contribution in [-0.4, -0.2) is 48.8 Å². The molecule has 1 aliphatic rings. The van der Waals surface area contributed by atoms with Crippen LogP contribution in [0.3, 0.4) is 0 Å². The Bertz CT molecular complexity index is 344. The summed E-state index contributed by atoms with van der Waals surface area (Å²) in [4.78, 5) is 6.48. The van der Waals surface area contributed by atoms with Crippen molar-refractivity contribution in [2.75, 3.05) is 32.8 Å². The second-order valence-corrected chi connectivity index (χ2v) is 4.80. The number of rotatable bonds is 5. The number of hydrogen-bond donors (Lipinski definition) is 1. The highest BCUT2D eigenvalue weighted by molar-refractivity contribution is 5.13. The molecule has 0 aromatic carbocycles. The molecule has 0 radical (unpaired) electrons. The van der Waals surface area contributed by atoms with Gasteiger partial charge in [-0.15, -0.1) is 0 Å². The van der Waals surface area contributed by atoms with Gasteiger partial charge in [-0.1, -0.05) is 6.92 Å². The Morgan fingerprint density at radius 1 is 1.50 bits per heavy atom. The van der Waals surface area contributed by atoms with E-state index in [2.05, 4.69) is 41.2 Å². The molecule has 4 nitrogen and oxygen atoms in total. The summed E-state index contributed by atoms with van der Waals surface area (Å²) in [6.45, 7) is 9.34. The standard InChI is InChI=1S/C14H23N3O/c1-3-17-8-9-18-14(11-17)10-16-12(2)13-4-6-15-7-5-13/h4-7,12,14,16H,3,8-11H2,1-2H3/t12-,14?/m0/s1. The first kappa shape index (κ1) is 13.5. The number of pyridine rings is 1. The molecule has 1 unspecified atom stereocenters. The zero-order valence-corrected chi connectivity index (χ0v) is 11.3. The average Bonchev–Trinajstić information content (AvgIpc) is 2.46. The fourth-order valence-corrected chi connectivity index (χ4v) is 2.27. The predicted molar refractivity (Wildman–Crippen MR) is 72.5 cm³/mol. The van der Waals surface area contributed by atoms with E-state index in [4.69, 9.17) is 4.74 Å². The molecule has 18 heavy (non-hydrogen) atoms. The summed E-state index contributed by atoms with van der Waals surface area (Å²) in [5.41, 5.74) is 1.27. The van der Waals surface area contributed by atoms with Gasteiger partial charge in [0, 0.05) is 38.1 Å². The highest BCUT2D eigenvalue weighted by atomic mass is 16.5. The van der Waals surface area contributed by atoms with Gasteiger partial charge >= 0.3 is 0 Å². The van der Waals surface area contributed by atoms with E-state index < -0.39 is 0 Å². The monoisotopic (exact) mass is 249 g/mol. The number of likely N-dealkylation sites (N-methyl/N-ethyl adjacent to an activating group) is 1. The highest BCUT2D eigenvalue weighted by Crippen LogP contribution is 2.11. The molecule has 2 rings (SSSR count). The van der Waals surface area contributed by atoms with Crippen LogP contribution in [0.25, 0.3) is 0 Å². The first-order chi connectivity index (χ1) is 8.79. The van der Waals surface area contributed by atoms with E-state index >= 15 is 0 Å². The first-order valence-corrected chi connectivity index (χ1v) is 6.77. The third kappa shape index (κ3) is 3.77. The largest absolute Gasteiger partial charge is 0.374 e. The van der Waals surface area contributed by atoms with Gasteiger partial charge in [0.2, 0.25) is 0 Å². The summed E-state index contributed by atoms with van der Waals surface area (Å²) in [5.74, 6) is 0. The Labute approximate surface area is 109 Å². The van der Waals surface area contributed by atoms with Gasteiger partial charge in [-0.2, -0.15) is 0 Å². The SMILES string of the molecule is CCN1CCOC(CN[C@@H](C)c2ccncc2)C1. The van der Waals surface area contributed by atoms with Crippen LogP contribution in [0.2, 0.25) is 0 Å². The number of hydrogen-bond acceptors (Lipinski definition) is 4. The molecule has 0 spiro atoms. The molecule has 2 heterocycles. The number of aromatic nitrogens is 1. The Kier molecular flexibility index (Phi) is 5.11. The smallest absolute Gasteiger partial charge is 0.0826 e. The summed E-state index contributed by atoms with van der Waals surface area (Å²) in [6.07, 6.45) is 3.98. The molecule has 2 atom stereocenters. The molecule has 0 aliphatic carbocycles. The molecular formula is C14H23N3O. The minimum absolute atomic E-state index is 0.308. The lowest BCUT2D eigenvalue weighted by atomic mass is 10.1. The molecule has 100 valence electrons. The van der Waals surface area contributed by atoms with E-state index in [-0.39, 0.29) is 0 Å². The van der Waals surface area contributed by atoms with E-state index in [9.17, 15) is 0 Å². The highest BCUT2D eigenvalue weighted by Gasteiger charge is 2.19. The van der Waals surface area contributed by atoms with Crippen LogP contribution < -0.4 is 5.32 Å². The molecular weight excluding hydrogens is 226 g/mol. The van der Waals surface area contributed by atoms with Crippen LogP contribution in [0, 0.1) is 0 Å². The minimum atomic E-state index is 0.308. The molecule has 4 heteroatoms. The molecule has 1 aromatic rings. The van der Waals surface area contributed by atoms with E-state index in [1.165, 1.54) is 5.56 Å². The second-order valence-electron chi connectivity index (χ2n) is 4.80. The summed E-state index contributed by atoms with van der Waals surface area (Å²) in [6, 6.07) is 4.45. The van der Waals surface area contributed by atoms with Crippen LogP contribution in [-0.2, 0) is 4.74 Å². The van der Waals surface area contributed by atoms with Crippen LogP contribution in [0.15, 0.2) is 24.5 Å². The van der Waals surface area contributed by atoms with Crippen LogP contribution in [0.4, 0.5) is 0 Å². The fourth-order valence-electron chi connectivity index (χ4n) is 2.27. The molecule has 1 N–H and O–H groups in total. The van der Waals surface area contributed by atoms with Crippen molar-refractivity contribution in [1.82, 2.24) is 15.2 Å². The summed E-state index contributed by atoms with van der Waals surface area (Å²) in [5, 5.41) is 3.53. The Hall–Kier alpha value is -0.970. The third-order valence-corrected chi connectivity index (χ3v) is 3.53. The molecule has 0 bridgehead atoms. The zero-order chi connectivity index (χ0) is 12.8. The maximum absolute atomic E-state index is 5.78. The molecule has 1 aromatic heterocycles. The van der Waals surface area contributed by atoms with Gasteiger partial charge < -0.3 is 10.1 Å². The van der Waals surface area contributed by atoms with Crippen LogP contribution in [0.1, 0.15) is 25.5 Å². The number of ether oxygens (including phenoxy) is 1. The molecule has 1 saturated heterocycles. The van der Waals surface area contributed by atoms with Crippen LogP contribution in [0.5, 0.6) is 0 Å². The lowest BCUT2D eigenvalue weighted by molar-refractivity contribution is -0.0262. The van der Waals surface area contributed by atoms with Crippen molar-refractivity contribution in [3.63, 3.8) is 0 Å². The quantitative estimate of drug-likeness (QED) is 0.857. The number of morpholine rings is 1. The minimum Gasteiger partial charge on any atom is -0.374 e. The van der Waals surface area contributed by atoms with Gasteiger partial charge in [-0.05, 0) is 31.2 Å². The average molecular weight is 249 g/mol. The maximum Gasteiger partial charge on any atom is 0.0826 e. The summed E-state index contributed by atoms with van der Waals surface area (Å²) in [7, 11) is 0. The van der Waals surface area contributed by atoms with Crippen LogP contribution >= 0.6 is 0 Å². The summed E-state index contributed by atoms with van der Waals surface area (Å²) < 4.78 is 5.78. The summed E-state index contributed by atoms with van der Waals surface area (Å²) >= 11 is 0. The van der Waals surface area contributed by atoms with Gasteiger partial charge in [-0.3, -0.25) is 9.88 Å². The zero-order valence-electron chi connectivity index (χ0n) is 11.3. The normalized spacial score (nSPS) is 22.9. The Morgan fingerprint density at radius 2 is 2.28 bits per heavy atom. The van der Waals surface area contributed by atoms with Gasteiger partial charge in [0.05, 0.1) is 12.7 Å². The van der Waals surface area contributed by atoms with Gasteiger partial charge in [0.1, 0.15) is 0 Å². The molecule has 0 saturated carbocycles. The lowest BCUT2D eigenvalue weighted by Gasteiger charge is -2.32. The van der Waals surface area contributed by atoms with Gasteiger partial charge in [0.25, 0.3) is 0 Å². The number of nitrogens with zero attached hydrogens (tertiary/aromatic N) is 2. The number of nitrogens with one attached hydrogen (secondary N) is 1. The maximum atomic E-state index is 5.78. The van der Waals surface area contributed by atoms with Crippen molar-refractivity contribution >= 4 is 0 Å². The molecule has 1 aliphatic heterocycles. The second kappa shape index (κ2) is 6.83. The molecule has 0 amide bonds.